The molecule has 0 atom stereocenters. The molecule has 0 heterocycles. The van der Waals surface area contributed by atoms with Gasteiger partial charge in [0.15, 0.2) is 11.5 Å². The van der Waals surface area contributed by atoms with Crippen LogP contribution in [0.5, 0.6) is 17.2 Å². The largest absolute Gasteiger partial charge is 0.504 e. The lowest BCUT2D eigenvalue weighted by Gasteiger charge is -2.06. The van der Waals surface area contributed by atoms with E-state index < -0.39 is 0 Å². The van der Waals surface area contributed by atoms with Crippen LogP contribution in [-0.2, 0) is 0 Å². The van der Waals surface area contributed by atoms with Crippen LogP contribution in [-0.4, -0.2) is 17.3 Å². The Labute approximate surface area is 106 Å². The molecule has 3 heteroatoms. The van der Waals surface area contributed by atoms with Gasteiger partial charge in [-0.25, -0.2) is 0 Å². The molecule has 0 saturated carbocycles. The summed E-state index contributed by atoms with van der Waals surface area (Å²) < 4.78 is 4.97. The average Bonchev–Trinajstić information content (AvgIpc) is 2.41. The van der Waals surface area contributed by atoms with Gasteiger partial charge in [-0.1, -0.05) is 42.5 Å². The average molecular weight is 242 g/mol. The lowest BCUT2D eigenvalue weighted by Crippen LogP contribution is -1.85. The number of phenolic OH excluding ortho intramolecular Hbond substituents is 2. The Balaban J connectivity index is 2.30. The van der Waals surface area contributed by atoms with E-state index in [0.29, 0.717) is 0 Å². The SMILES string of the molecule is COc1cc(C=Cc2ccccc2)cc(O)c1O. The van der Waals surface area contributed by atoms with Gasteiger partial charge in [0.05, 0.1) is 7.11 Å². The predicted molar refractivity (Wildman–Crippen MR) is 71.7 cm³/mol. The summed E-state index contributed by atoms with van der Waals surface area (Å²) in [6.45, 7) is 0. The molecule has 2 rings (SSSR count). The number of methoxy groups -OCH3 is 1. The molecule has 0 saturated heterocycles. The lowest BCUT2D eigenvalue weighted by atomic mass is 10.1. The number of ether oxygens (including phenoxy) is 1. The van der Waals surface area contributed by atoms with Crippen molar-refractivity contribution in [2.24, 2.45) is 0 Å². The summed E-state index contributed by atoms with van der Waals surface area (Å²) in [4.78, 5) is 0. The van der Waals surface area contributed by atoms with Crippen molar-refractivity contribution in [3.05, 3.63) is 53.6 Å². The van der Waals surface area contributed by atoms with Gasteiger partial charge >= 0.3 is 0 Å². The van der Waals surface area contributed by atoms with Crippen LogP contribution in [0.4, 0.5) is 0 Å². The van der Waals surface area contributed by atoms with Gasteiger partial charge in [0.2, 0.25) is 5.75 Å². The molecule has 2 aromatic rings. The molecule has 18 heavy (non-hydrogen) atoms. The summed E-state index contributed by atoms with van der Waals surface area (Å²) in [6.07, 6.45) is 3.77. The molecular weight excluding hydrogens is 228 g/mol. The zero-order valence-electron chi connectivity index (χ0n) is 10.00. The van der Waals surface area contributed by atoms with Gasteiger partial charge in [0.1, 0.15) is 0 Å². The van der Waals surface area contributed by atoms with E-state index >= 15 is 0 Å². The molecule has 0 fully saturated rings. The molecule has 0 amide bonds. The number of aromatic hydroxyl groups is 2. The van der Waals surface area contributed by atoms with Crippen LogP contribution in [0, 0.1) is 0 Å². The van der Waals surface area contributed by atoms with Gasteiger partial charge < -0.3 is 14.9 Å². The van der Waals surface area contributed by atoms with E-state index in [1.165, 1.54) is 13.2 Å². The zero-order valence-corrected chi connectivity index (χ0v) is 10.00. The lowest BCUT2D eigenvalue weighted by molar-refractivity contribution is 0.351. The Hall–Kier alpha value is -2.42. The second-order valence-electron chi connectivity index (χ2n) is 3.83. The van der Waals surface area contributed by atoms with Crippen LogP contribution in [0.3, 0.4) is 0 Å². The molecule has 2 aromatic carbocycles. The molecule has 0 aliphatic rings. The quantitative estimate of drug-likeness (QED) is 0.641. The van der Waals surface area contributed by atoms with Crippen LogP contribution >= 0.6 is 0 Å². The van der Waals surface area contributed by atoms with Crippen molar-refractivity contribution >= 4 is 12.2 Å². The minimum absolute atomic E-state index is 0.193. The first-order valence-electron chi connectivity index (χ1n) is 5.54. The van der Waals surface area contributed by atoms with E-state index in [9.17, 15) is 10.2 Å². The van der Waals surface area contributed by atoms with Crippen molar-refractivity contribution in [3.63, 3.8) is 0 Å². The van der Waals surface area contributed by atoms with Gasteiger partial charge in [-0.05, 0) is 23.3 Å². The van der Waals surface area contributed by atoms with Crippen molar-refractivity contribution in [3.8, 4) is 17.2 Å². The highest BCUT2D eigenvalue weighted by molar-refractivity contribution is 5.72. The Kier molecular flexibility index (Phi) is 3.53. The minimum Gasteiger partial charge on any atom is -0.504 e. The van der Waals surface area contributed by atoms with E-state index in [1.54, 1.807) is 6.07 Å². The summed E-state index contributed by atoms with van der Waals surface area (Å²) >= 11 is 0. The third-order valence-corrected chi connectivity index (χ3v) is 2.56. The number of hydrogen-bond acceptors (Lipinski definition) is 3. The summed E-state index contributed by atoms with van der Waals surface area (Å²) in [5.74, 6) is -0.181. The molecule has 0 aromatic heterocycles. The van der Waals surface area contributed by atoms with E-state index in [-0.39, 0.29) is 17.2 Å². The summed E-state index contributed by atoms with van der Waals surface area (Å²) in [5, 5.41) is 19.1. The van der Waals surface area contributed by atoms with Gasteiger partial charge in [0.25, 0.3) is 0 Å². The molecule has 0 aliphatic heterocycles. The van der Waals surface area contributed by atoms with Crippen LogP contribution in [0.1, 0.15) is 11.1 Å². The molecule has 3 nitrogen and oxygen atoms in total. The highest BCUT2D eigenvalue weighted by Gasteiger charge is 2.07. The van der Waals surface area contributed by atoms with Crippen molar-refractivity contribution in [2.75, 3.05) is 7.11 Å². The van der Waals surface area contributed by atoms with E-state index in [0.717, 1.165) is 11.1 Å². The molecule has 0 aliphatic carbocycles. The maximum atomic E-state index is 9.55. The highest BCUT2D eigenvalue weighted by atomic mass is 16.5. The molecular formula is C15H14O3. The topological polar surface area (TPSA) is 49.7 Å². The van der Waals surface area contributed by atoms with Crippen molar-refractivity contribution in [1.82, 2.24) is 0 Å². The fourth-order valence-electron chi connectivity index (χ4n) is 1.62. The third-order valence-electron chi connectivity index (χ3n) is 2.56. The standard InChI is InChI=1S/C15H14O3/c1-18-14-10-12(9-13(16)15(14)17)8-7-11-5-3-2-4-6-11/h2-10,16-17H,1H3. The molecule has 2 N–H and O–H groups in total. The maximum Gasteiger partial charge on any atom is 0.200 e. The van der Waals surface area contributed by atoms with Crippen molar-refractivity contribution in [2.45, 2.75) is 0 Å². The van der Waals surface area contributed by atoms with Gasteiger partial charge in [0, 0.05) is 0 Å². The molecule has 0 radical (unpaired) electrons. The molecule has 0 unspecified atom stereocenters. The zero-order chi connectivity index (χ0) is 13.0. The summed E-state index contributed by atoms with van der Waals surface area (Å²) in [7, 11) is 1.44. The summed E-state index contributed by atoms with van der Waals surface area (Å²) in [5.41, 5.74) is 1.81. The van der Waals surface area contributed by atoms with E-state index in [4.69, 9.17) is 4.74 Å². The first-order valence-corrected chi connectivity index (χ1v) is 5.54. The molecule has 0 bridgehead atoms. The number of hydrogen-bond donors (Lipinski definition) is 2. The number of rotatable bonds is 3. The monoisotopic (exact) mass is 242 g/mol. The van der Waals surface area contributed by atoms with Crippen LogP contribution in [0.2, 0.25) is 0 Å². The van der Waals surface area contributed by atoms with E-state index in [1.807, 2.05) is 42.5 Å². The minimum atomic E-state index is -0.241. The summed E-state index contributed by atoms with van der Waals surface area (Å²) in [6, 6.07) is 13.0. The smallest absolute Gasteiger partial charge is 0.200 e. The Morgan fingerprint density at radius 3 is 2.28 bits per heavy atom. The van der Waals surface area contributed by atoms with Crippen LogP contribution in [0.25, 0.3) is 12.2 Å². The Bertz CT molecular complexity index is 559. The Morgan fingerprint density at radius 2 is 1.61 bits per heavy atom. The normalized spacial score (nSPS) is 10.7. The number of phenols is 2. The fraction of sp³-hybridized carbons (Fsp3) is 0.0667. The van der Waals surface area contributed by atoms with Crippen LogP contribution in [0.15, 0.2) is 42.5 Å². The first-order chi connectivity index (χ1) is 8.70. The van der Waals surface area contributed by atoms with Gasteiger partial charge in [-0.3, -0.25) is 0 Å². The maximum absolute atomic E-state index is 9.55. The third kappa shape index (κ3) is 2.63. The molecule has 92 valence electrons. The van der Waals surface area contributed by atoms with Gasteiger partial charge in [-0.2, -0.15) is 0 Å². The van der Waals surface area contributed by atoms with Crippen molar-refractivity contribution < 1.29 is 14.9 Å². The van der Waals surface area contributed by atoms with Crippen molar-refractivity contribution in [1.29, 1.82) is 0 Å². The fourth-order valence-corrected chi connectivity index (χ4v) is 1.62. The van der Waals surface area contributed by atoms with Gasteiger partial charge in [-0.15, -0.1) is 0 Å². The van der Waals surface area contributed by atoms with E-state index in [2.05, 4.69) is 0 Å². The number of benzene rings is 2. The predicted octanol–water partition coefficient (Wildman–Crippen LogP) is 3.28. The highest BCUT2D eigenvalue weighted by Crippen LogP contribution is 2.36. The second-order valence-corrected chi connectivity index (χ2v) is 3.83. The van der Waals surface area contributed by atoms with Crippen LogP contribution < -0.4 is 4.74 Å². The Morgan fingerprint density at radius 1 is 0.944 bits per heavy atom. The molecule has 0 spiro atoms. The first kappa shape index (κ1) is 12.0. The second kappa shape index (κ2) is 5.27.